The Labute approximate surface area is 175 Å². The highest BCUT2D eigenvalue weighted by molar-refractivity contribution is 6.30. The lowest BCUT2D eigenvalue weighted by Crippen LogP contribution is -2.49. The van der Waals surface area contributed by atoms with Crippen LogP contribution in [0.25, 0.3) is 0 Å². The maximum absolute atomic E-state index is 10.7. The van der Waals surface area contributed by atoms with E-state index >= 15 is 0 Å². The zero-order valence-electron chi connectivity index (χ0n) is 16.6. The number of hydrogen-bond donors (Lipinski definition) is 2. The van der Waals surface area contributed by atoms with Crippen molar-refractivity contribution in [3.05, 3.63) is 21.8 Å². The second kappa shape index (κ2) is 9.75. The van der Waals surface area contributed by atoms with Gasteiger partial charge in [0.25, 0.3) is 0 Å². The minimum Gasteiger partial charge on any atom is -0.447 e. The van der Waals surface area contributed by atoms with Gasteiger partial charge < -0.3 is 25.4 Å². The number of likely N-dealkylation sites (N-methyl/N-ethyl adjacent to an activating group) is 1. The fourth-order valence-electron chi connectivity index (χ4n) is 3.39. The average Bonchev–Trinajstić information content (AvgIpc) is 2.70. The van der Waals surface area contributed by atoms with Crippen LogP contribution in [0.15, 0.2) is 0 Å². The zero-order valence-corrected chi connectivity index (χ0v) is 17.4. The number of primary amides is 1. The van der Waals surface area contributed by atoms with Crippen molar-refractivity contribution in [3.63, 3.8) is 0 Å². The fourth-order valence-corrected chi connectivity index (χ4v) is 3.63. The summed E-state index contributed by atoms with van der Waals surface area (Å²) >= 11 is 6.17. The quantitative estimate of drug-likeness (QED) is 0.631. The summed E-state index contributed by atoms with van der Waals surface area (Å²) in [5.41, 5.74) is 5.13. The molecule has 29 heavy (non-hydrogen) atoms. The molecule has 0 atom stereocenters. The molecule has 1 aliphatic heterocycles. The van der Waals surface area contributed by atoms with Gasteiger partial charge in [-0.3, -0.25) is 0 Å². The van der Waals surface area contributed by atoms with Gasteiger partial charge in [0.1, 0.15) is 35.3 Å². The predicted molar refractivity (Wildman–Crippen MR) is 107 cm³/mol. The molecule has 0 bridgehead atoms. The van der Waals surface area contributed by atoms with E-state index in [2.05, 4.69) is 16.0 Å². The number of hydrogen-bond acceptors (Lipinski definition) is 8. The maximum Gasteiger partial charge on any atom is 0.404 e. The first-order valence-electron chi connectivity index (χ1n) is 9.35. The summed E-state index contributed by atoms with van der Waals surface area (Å²) in [6.45, 7) is 4.32. The molecule has 1 aromatic heterocycles. The topological polar surface area (TPSA) is 140 Å². The number of nitrogens with zero attached hydrogens (tertiary/aromatic N) is 5. The Hall–Kier alpha value is -2.59. The van der Waals surface area contributed by atoms with Gasteiger partial charge in [0, 0.05) is 33.2 Å². The van der Waals surface area contributed by atoms with Crippen LogP contribution in [0.3, 0.4) is 0 Å². The third-order valence-corrected chi connectivity index (χ3v) is 5.47. The molecule has 0 unspecified atom stereocenters. The Kier molecular flexibility index (Phi) is 7.63. The Morgan fingerprint density at radius 2 is 2.00 bits per heavy atom. The molecule has 0 radical (unpaired) electrons. The smallest absolute Gasteiger partial charge is 0.404 e. The van der Waals surface area contributed by atoms with E-state index in [1.165, 1.54) is 0 Å². The zero-order chi connectivity index (χ0) is 21.6. The maximum atomic E-state index is 10.7. The van der Waals surface area contributed by atoms with Crippen LogP contribution >= 0.6 is 11.6 Å². The Morgan fingerprint density at radius 3 is 2.52 bits per heavy atom. The van der Waals surface area contributed by atoms with Gasteiger partial charge in [-0.25, -0.2) is 9.78 Å². The molecule has 1 aliphatic rings. The Morgan fingerprint density at radius 1 is 1.38 bits per heavy atom. The number of aromatic nitrogens is 1. The highest BCUT2D eigenvalue weighted by atomic mass is 35.5. The number of pyridine rings is 1. The molecule has 10 heteroatoms. The average molecular weight is 421 g/mol. The Balaban J connectivity index is 2.01. The number of amides is 1. The molecule has 1 saturated heterocycles. The molecule has 156 valence electrons. The molecule has 1 aromatic rings. The molecule has 2 heterocycles. The standard InChI is InChI=1S/C19H25ClN6O3/c1-3-13-14(10-21)16(20)24-17(15(13)11-22)25(2)8-9-26-6-4-19(28,5-7-26)12-29-18(23)27/h28H,3-9,12H2,1-2H3,(H2,23,27). The number of carbonyl (C=O) groups excluding carboxylic acids is 1. The number of nitriles is 2. The highest BCUT2D eigenvalue weighted by Gasteiger charge is 2.33. The number of anilines is 1. The van der Waals surface area contributed by atoms with Crippen molar-refractivity contribution >= 4 is 23.5 Å². The fraction of sp³-hybridized carbons (Fsp3) is 0.579. The van der Waals surface area contributed by atoms with Crippen LogP contribution in [0.1, 0.15) is 36.5 Å². The van der Waals surface area contributed by atoms with E-state index in [0.717, 1.165) is 0 Å². The van der Waals surface area contributed by atoms with Gasteiger partial charge >= 0.3 is 6.09 Å². The van der Waals surface area contributed by atoms with Crippen molar-refractivity contribution in [1.29, 1.82) is 10.5 Å². The first-order valence-corrected chi connectivity index (χ1v) is 9.73. The lowest BCUT2D eigenvalue weighted by molar-refractivity contribution is -0.0613. The number of likely N-dealkylation sites (tertiary alicyclic amines) is 1. The van der Waals surface area contributed by atoms with Crippen molar-refractivity contribution in [1.82, 2.24) is 9.88 Å². The molecule has 0 aliphatic carbocycles. The molecule has 0 aromatic carbocycles. The molecule has 3 N–H and O–H groups in total. The molecule has 0 spiro atoms. The molecular formula is C19H25ClN6O3. The first kappa shape index (κ1) is 22.7. The van der Waals surface area contributed by atoms with Crippen molar-refractivity contribution in [2.24, 2.45) is 5.73 Å². The normalized spacial score (nSPS) is 15.9. The van der Waals surface area contributed by atoms with Gasteiger partial charge in [-0.2, -0.15) is 10.5 Å². The van der Waals surface area contributed by atoms with Gasteiger partial charge in [0.05, 0.1) is 11.1 Å². The third-order valence-electron chi connectivity index (χ3n) is 5.20. The van der Waals surface area contributed by atoms with E-state index in [1.807, 2.05) is 24.9 Å². The summed E-state index contributed by atoms with van der Waals surface area (Å²) in [7, 11) is 1.83. The van der Waals surface area contributed by atoms with Gasteiger partial charge in [-0.15, -0.1) is 0 Å². The number of halogens is 1. The van der Waals surface area contributed by atoms with Crippen LogP contribution in [0, 0.1) is 22.7 Å². The van der Waals surface area contributed by atoms with Gasteiger partial charge in [-0.1, -0.05) is 18.5 Å². The van der Waals surface area contributed by atoms with E-state index in [9.17, 15) is 20.4 Å². The Bertz CT molecular complexity index is 840. The van der Waals surface area contributed by atoms with E-state index < -0.39 is 11.7 Å². The van der Waals surface area contributed by atoms with Gasteiger partial charge in [-0.05, 0) is 24.8 Å². The van der Waals surface area contributed by atoms with Gasteiger partial charge in [0.2, 0.25) is 0 Å². The number of aliphatic hydroxyl groups is 1. The summed E-state index contributed by atoms with van der Waals surface area (Å²) < 4.78 is 4.74. The molecule has 2 rings (SSSR count). The minimum absolute atomic E-state index is 0.0997. The van der Waals surface area contributed by atoms with Gasteiger partial charge in [0.15, 0.2) is 0 Å². The molecule has 1 amide bonds. The monoisotopic (exact) mass is 420 g/mol. The van der Waals surface area contributed by atoms with Crippen LogP contribution in [0.5, 0.6) is 0 Å². The number of piperidine rings is 1. The van der Waals surface area contributed by atoms with Crippen LogP contribution < -0.4 is 10.6 Å². The summed E-state index contributed by atoms with van der Waals surface area (Å²) in [4.78, 5) is 19.0. The highest BCUT2D eigenvalue weighted by Crippen LogP contribution is 2.29. The molecule has 1 fully saturated rings. The molecular weight excluding hydrogens is 396 g/mol. The summed E-state index contributed by atoms with van der Waals surface area (Å²) in [6.07, 6.45) is 0.547. The van der Waals surface area contributed by atoms with Crippen LogP contribution in [-0.2, 0) is 11.2 Å². The van der Waals surface area contributed by atoms with Crippen LogP contribution in [0.2, 0.25) is 5.15 Å². The second-order valence-corrected chi connectivity index (χ2v) is 7.49. The van der Waals surface area contributed by atoms with Crippen molar-refractivity contribution in [2.45, 2.75) is 31.8 Å². The predicted octanol–water partition coefficient (Wildman–Crippen LogP) is 1.40. The van der Waals surface area contributed by atoms with Crippen molar-refractivity contribution in [2.75, 3.05) is 44.7 Å². The van der Waals surface area contributed by atoms with E-state index in [1.54, 1.807) is 0 Å². The van der Waals surface area contributed by atoms with E-state index in [0.29, 0.717) is 62.4 Å². The third kappa shape index (κ3) is 5.48. The van der Waals surface area contributed by atoms with Crippen LogP contribution in [0.4, 0.5) is 10.6 Å². The first-order chi connectivity index (χ1) is 13.7. The summed E-state index contributed by atoms with van der Waals surface area (Å²) in [5.74, 6) is 0.455. The molecule has 9 nitrogen and oxygen atoms in total. The number of carbonyl (C=O) groups is 1. The number of rotatable bonds is 7. The van der Waals surface area contributed by atoms with Crippen molar-refractivity contribution in [3.8, 4) is 12.1 Å². The second-order valence-electron chi connectivity index (χ2n) is 7.13. The lowest BCUT2D eigenvalue weighted by Gasteiger charge is -2.38. The molecule has 0 saturated carbocycles. The number of ether oxygens (including phenoxy) is 1. The summed E-state index contributed by atoms with van der Waals surface area (Å²) in [5, 5.41) is 29.4. The minimum atomic E-state index is -1.05. The van der Waals surface area contributed by atoms with Crippen LogP contribution in [-0.4, -0.2) is 66.5 Å². The van der Waals surface area contributed by atoms with E-state index in [-0.39, 0.29) is 17.3 Å². The number of nitrogens with two attached hydrogens (primary N) is 1. The van der Waals surface area contributed by atoms with E-state index in [4.69, 9.17) is 22.1 Å². The summed E-state index contributed by atoms with van der Waals surface area (Å²) in [6, 6.07) is 4.19. The SMILES string of the molecule is CCc1c(C#N)c(Cl)nc(N(C)CCN2CCC(O)(COC(N)=O)CC2)c1C#N. The van der Waals surface area contributed by atoms with Crippen molar-refractivity contribution < 1.29 is 14.6 Å². The lowest BCUT2D eigenvalue weighted by atomic mass is 9.92. The largest absolute Gasteiger partial charge is 0.447 e.